The molecular weight excluding hydrogens is 248 g/mol. The molecule has 2 atom stereocenters. The van der Waals surface area contributed by atoms with Gasteiger partial charge in [-0.3, -0.25) is 0 Å². The van der Waals surface area contributed by atoms with Crippen molar-refractivity contribution in [2.24, 2.45) is 0 Å². The molecule has 1 N–H and O–H groups in total. The van der Waals surface area contributed by atoms with E-state index < -0.39 is 11.6 Å². The van der Waals surface area contributed by atoms with Crippen LogP contribution in [0, 0.1) is 11.6 Å². The second-order valence-corrected chi connectivity index (χ2v) is 5.13. The SMILES string of the molecule is CNC(Cc1cccc(F)c1F)CC1CCCCO1. The zero-order valence-electron chi connectivity index (χ0n) is 11.3. The molecule has 4 heteroatoms. The molecule has 19 heavy (non-hydrogen) atoms. The van der Waals surface area contributed by atoms with Crippen LogP contribution in [0.1, 0.15) is 31.2 Å². The van der Waals surface area contributed by atoms with E-state index in [0.29, 0.717) is 12.0 Å². The van der Waals surface area contributed by atoms with Crippen LogP contribution in [-0.4, -0.2) is 25.8 Å². The fourth-order valence-corrected chi connectivity index (χ4v) is 2.59. The fourth-order valence-electron chi connectivity index (χ4n) is 2.59. The number of ether oxygens (including phenoxy) is 1. The summed E-state index contributed by atoms with van der Waals surface area (Å²) >= 11 is 0. The molecule has 0 saturated carbocycles. The van der Waals surface area contributed by atoms with Crippen LogP contribution in [0.2, 0.25) is 0 Å². The van der Waals surface area contributed by atoms with Crippen molar-refractivity contribution in [3.63, 3.8) is 0 Å². The van der Waals surface area contributed by atoms with Gasteiger partial charge >= 0.3 is 0 Å². The van der Waals surface area contributed by atoms with Crippen molar-refractivity contribution in [1.29, 1.82) is 0 Å². The molecule has 2 unspecified atom stereocenters. The van der Waals surface area contributed by atoms with Crippen LogP contribution in [0.3, 0.4) is 0 Å². The third kappa shape index (κ3) is 3.98. The largest absolute Gasteiger partial charge is 0.378 e. The van der Waals surface area contributed by atoms with Gasteiger partial charge in [0.15, 0.2) is 11.6 Å². The van der Waals surface area contributed by atoms with Gasteiger partial charge in [0.2, 0.25) is 0 Å². The highest BCUT2D eigenvalue weighted by Crippen LogP contribution is 2.20. The van der Waals surface area contributed by atoms with Crippen molar-refractivity contribution >= 4 is 0 Å². The van der Waals surface area contributed by atoms with Crippen molar-refractivity contribution in [2.75, 3.05) is 13.7 Å². The van der Waals surface area contributed by atoms with Gasteiger partial charge < -0.3 is 10.1 Å². The molecule has 0 spiro atoms. The van der Waals surface area contributed by atoms with Gasteiger partial charge in [-0.1, -0.05) is 12.1 Å². The van der Waals surface area contributed by atoms with Gasteiger partial charge in [0.25, 0.3) is 0 Å². The maximum atomic E-state index is 13.6. The number of rotatable bonds is 5. The number of nitrogens with one attached hydrogen (secondary N) is 1. The summed E-state index contributed by atoms with van der Waals surface area (Å²) in [6.45, 7) is 0.815. The van der Waals surface area contributed by atoms with Crippen molar-refractivity contribution in [1.82, 2.24) is 5.32 Å². The summed E-state index contributed by atoms with van der Waals surface area (Å²) in [5, 5.41) is 3.18. The molecular formula is C15H21F2NO. The highest BCUT2D eigenvalue weighted by atomic mass is 19.2. The molecule has 2 rings (SSSR count). The Hall–Kier alpha value is -1.00. The minimum absolute atomic E-state index is 0.111. The van der Waals surface area contributed by atoms with Crippen LogP contribution in [0.25, 0.3) is 0 Å². The summed E-state index contributed by atoms with van der Waals surface area (Å²) in [5.41, 5.74) is 0.426. The van der Waals surface area contributed by atoms with Crippen LogP contribution in [0.5, 0.6) is 0 Å². The van der Waals surface area contributed by atoms with E-state index >= 15 is 0 Å². The molecule has 0 bridgehead atoms. The minimum atomic E-state index is -0.777. The molecule has 1 aromatic rings. The first kappa shape index (κ1) is 14.4. The lowest BCUT2D eigenvalue weighted by atomic mass is 9.96. The number of halogens is 2. The third-order valence-corrected chi connectivity index (χ3v) is 3.73. The predicted octanol–water partition coefficient (Wildman–Crippen LogP) is 3.05. The van der Waals surface area contributed by atoms with Gasteiger partial charge in [-0.15, -0.1) is 0 Å². The van der Waals surface area contributed by atoms with Gasteiger partial charge in [-0.05, 0) is 50.8 Å². The quantitative estimate of drug-likeness (QED) is 0.887. The van der Waals surface area contributed by atoms with Gasteiger partial charge in [0.05, 0.1) is 6.10 Å². The highest BCUT2D eigenvalue weighted by Gasteiger charge is 2.20. The first-order valence-electron chi connectivity index (χ1n) is 6.92. The minimum Gasteiger partial charge on any atom is -0.378 e. The molecule has 1 saturated heterocycles. The van der Waals surface area contributed by atoms with E-state index in [1.807, 2.05) is 7.05 Å². The molecule has 0 aromatic heterocycles. The molecule has 0 radical (unpaired) electrons. The second-order valence-electron chi connectivity index (χ2n) is 5.13. The monoisotopic (exact) mass is 269 g/mol. The summed E-state index contributed by atoms with van der Waals surface area (Å²) in [4.78, 5) is 0. The van der Waals surface area contributed by atoms with E-state index in [1.165, 1.54) is 6.42 Å². The maximum absolute atomic E-state index is 13.6. The van der Waals surface area contributed by atoms with Gasteiger partial charge in [0, 0.05) is 12.6 Å². The van der Waals surface area contributed by atoms with Crippen LogP contribution < -0.4 is 5.32 Å². The molecule has 1 aromatic carbocycles. The normalized spacial score (nSPS) is 21.3. The van der Waals surface area contributed by atoms with Crippen molar-refractivity contribution in [2.45, 2.75) is 44.2 Å². The van der Waals surface area contributed by atoms with Crippen molar-refractivity contribution < 1.29 is 13.5 Å². The summed E-state index contributed by atoms with van der Waals surface area (Å²) in [7, 11) is 1.85. The summed E-state index contributed by atoms with van der Waals surface area (Å²) < 4.78 is 32.5. The van der Waals surface area contributed by atoms with Crippen molar-refractivity contribution in [3.05, 3.63) is 35.4 Å². The molecule has 1 aliphatic heterocycles. The van der Waals surface area contributed by atoms with Gasteiger partial charge in [0.1, 0.15) is 0 Å². The Labute approximate surface area is 113 Å². The van der Waals surface area contributed by atoms with Crippen LogP contribution >= 0.6 is 0 Å². The van der Waals surface area contributed by atoms with E-state index in [1.54, 1.807) is 12.1 Å². The van der Waals surface area contributed by atoms with Crippen LogP contribution in [0.4, 0.5) is 8.78 Å². The highest BCUT2D eigenvalue weighted by molar-refractivity contribution is 5.20. The van der Waals surface area contributed by atoms with Gasteiger partial charge in [-0.2, -0.15) is 0 Å². The van der Waals surface area contributed by atoms with E-state index in [9.17, 15) is 8.78 Å². The van der Waals surface area contributed by atoms with E-state index in [4.69, 9.17) is 4.74 Å². The molecule has 2 nitrogen and oxygen atoms in total. The smallest absolute Gasteiger partial charge is 0.162 e. The average molecular weight is 269 g/mol. The van der Waals surface area contributed by atoms with Crippen LogP contribution in [-0.2, 0) is 11.2 Å². The molecule has 0 amide bonds. The molecule has 1 aliphatic rings. The Kier molecular flexibility index (Phi) is 5.28. The third-order valence-electron chi connectivity index (χ3n) is 3.73. The molecule has 0 aliphatic carbocycles. The predicted molar refractivity (Wildman–Crippen MR) is 71.1 cm³/mol. The van der Waals surface area contributed by atoms with E-state index in [-0.39, 0.29) is 12.1 Å². The topological polar surface area (TPSA) is 21.3 Å². The Balaban J connectivity index is 1.96. The zero-order valence-corrected chi connectivity index (χ0v) is 11.3. The fraction of sp³-hybridized carbons (Fsp3) is 0.600. The second kappa shape index (κ2) is 6.96. The first-order valence-corrected chi connectivity index (χ1v) is 6.92. The Morgan fingerprint density at radius 1 is 1.37 bits per heavy atom. The lowest BCUT2D eigenvalue weighted by molar-refractivity contribution is 0.00564. The zero-order chi connectivity index (χ0) is 13.7. The average Bonchev–Trinajstić information content (AvgIpc) is 2.44. The van der Waals surface area contributed by atoms with Crippen molar-refractivity contribution in [3.8, 4) is 0 Å². The summed E-state index contributed by atoms with van der Waals surface area (Å²) in [6.07, 6.45) is 4.94. The number of hydrogen-bond donors (Lipinski definition) is 1. The summed E-state index contributed by atoms with van der Waals surface area (Å²) in [6, 6.07) is 4.46. The number of likely N-dealkylation sites (N-methyl/N-ethyl adjacent to an activating group) is 1. The van der Waals surface area contributed by atoms with E-state index in [0.717, 1.165) is 31.9 Å². The number of hydrogen-bond acceptors (Lipinski definition) is 2. The summed E-state index contributed by atoms with van der Waals surface area (Å²) in [5.74, 6) is -1.51. The lowest BCUT2D eigenvalue weighted by Gasteiger charge is -2.27. The molecule has 1 fully saturated rings. The Morgan fingerprint density at radius 3 is 2.89 bits per heavy atom. The molecule has 1 heterocycles. The standard InChI is InChI=1S/C15H21F2NO/c1-18-12(10-13-6-2-3-8-19-13)9-11-5-4-7-14(16)15(11)17/h4-5,7,12-13,18H,2-3,6,8-10H2,1H3. The van der Waals surface area contributed by atoms with E-state index in [2.05, 4.69) is 5.32 Å². The van der Waals surface area contributed by atoms with Crippen LogP contribution in [0.15, 0.2) is 18.2 Å². The maximum Gasteiger partial charge on any atom is 0.162 e. The number of benzene rings is 1. The lowest BCUT2D eigenvalue weighted by Crippen LogP contribution is -2.34. The Bertz CT molecular complexity index is 405. The Morgan fingerprint density at radius 2 is 2.21 bits per heavy atom. The first-order chi connectivity index (χ1) is 9.20. The van der Waals surface area contributed by atoms with Gasteiger partial charge in [-0.25, -0.2) is 8.78 Å². The molecule has 106 valence electrons.